The number of rotatable bonds is 6. The summed E-state index contributed by atoms with van der Waals surface area (Å²) in [7, 11) is 3.13. The summed E-state index contributed by atoms with van der Waals surface area (Å²) in [5, 5.41) is 5.71. The van der Waals surface area contributed by atoms with Crippen molar-refractivity contribution in [2.75, 3.05) is 26.1 Å². The molecule has 1 aromatic heterocycles. The number of amides is 1. The highest BCUT2D eigenvalue weighted by Gasteiger charge is 2.13. The second kappa shape index (κ2) is 7.71. The van der Waals surface area contributed by atoms with Crippen molar-refractivity contribution in [3.8, 4) is 23.8 Å². The molecule has 0 atom stereocenters. The van der Waals surface area contributed by atoms with E-state index in [1.165, 1.54) is 0 Å². The molecule has 0 aliphatic rings. The smallest absolute Gasteiger partial charge is 0.255 e. The number of nitrogens with one attached hydrogen (secondary N) is 2. The van der Waals surface area contributed by atoms with Crippen LogP contribution in [0.25, 0.3) is 0 Å². The number of pyridine rings is 1. The quantitative estimate of drug-likeness (QED) is 0.800. The van der Waals surface area contributed by atoms with Crippen molar-refractivity contribution in [3.63, 3.8) is 0 Å². The highest BCUT2D eigenvalue weighted by molar-refractivity contribution is 5.99. The minimum atomic E-state index is -0.300. The Morgan fingerprint density at radius 3 is 2.83 bits per heavy atom. The van der Waals surface area contributed by atoms with Gasteiger partial charge in [0, 0.05) is 12.3 Å². The lowest BCUT2D eigenvalue weighted by Gasteiger charge is -2.14. The summed E-state index contributed by atoms with van der Waals surface area (Å²) in [6.07, 6.45) is 6.75. The van der Waals surface area contributed by atoms with Gasteiger partial charge in [0.25, 0.3) is 5.91 Å². The Morgan fingerprint density at radius 1 is 1.30 bits per heavy atom. The molecule has 1 heterocycles. The number of benzene rings is 1. The maximum atomic E-state index is 12.1. The lowest BCUT2D eigenvalue weighted by atomic mass is 10.2. The van der Waals surface area contributed by atoms with Crippen molar-refractivity contribution in [2.45, 2.75) is 0 Å². The van der Waals surface area contributed by atoms with Gasteiger partial charge < -0.3 is 20.1 Å². The van der Waals surface area contributed by atoms with E-state index in [1.54, 1.807) is 50.7 Å². The molecular formula is C17H17N3O3. The Morgan fingerprint density at radius 2 is 2.13 bits per heavy atom. The van der Waals surface area contributed by atoms with Crippen LogP contribution < -0.4 is 20.1 Å². The second-order valence-electron chi connectivity index (χ2n) is 4.48. The molecule has 0 aliphatic heterocycles. The van der Waals surface area contributed by atoms with E-state index in [1.807, 2.05) is 0 Å². The first-order valence-corrected chi connectivity index (χ1v) is 6.85. The van der Waals surface area contributed by atoms with Gasteiger partial charge in [-0.3, -0.25) is 4.79 Å². The molecule has 0 saturated carbocycles. The van der Waals surface area contributed by atoms with Crippen molar-refractivity contribution in [1.82, 2.24) is 10.3 Å². The zero-order valence-electron chi connectivity index (χ0n) is 12.9. The third kappa shape index (κ3) is 3.92. The fourth-order valence-corrected chi connectivity index (χ4v) is 1.94. The van der Waals surface area contributed by atoms with Gasteiger partial charge in [0.15, 0.2) is 0 Å². The molecule has 0 fully saturated rings. The van der Waals surface area contributed by atoms with Gasteiger partial charge in [-0.05, 0) is 24.3 Å². The number of carbonyl (C=O) groups is 1. The maximum Gasteiger partial charge on any atom is 0.255 e. The number of aromatic nitrogens is 1. The third-order valence-corrected chi connectivity index (χ3v) is 3.07. The Balaban J connectivity index is 2.30. The van der Waals surface area contributed by atoms with Crippen LogP contribution in [0.5, 0.6) is 11.5 Å². The molecular weight excluding hydrogens is 294 g/mol. The molecule has 6 heteroatoms. The molecule has 0 bridgehead atoms. The summed E-state index contributed by atoms with van der Waals surface area (Å²) in [4.78, 5) is 16.3. The summed E-state index contributed by atoms with van der Waals surface area (Å²) < 4.78 is 10.5. The molecule has 6 nitrogen and oxygen atoms in total. The first-order valence-electron chi connectivity index (χ1n) is 6.85. The molecule has 1 aromatic carbocycles. The molecule has 1 amide bonds. The van der Waals surface area contributed by atoms with Gasteiger partial charge in [0.05, 0.1) is 32.0 Å². The Hall–Kier alpha value is -3.20. The molecule has 0 radical (unpaired) electrons. The van der Waals surface area contributed by atoms with Crippen LogP contribution in [-0.2, 0) is 0 Å². The van der Waals surface area contributed by atoms with Gasteiger partial charge in [-0.25, -0.2) is 4.98 Å². The fraction of sp³-hybridized carbons (Fsp3) is 0.176. The van der Waals surface area contributed by atoms with Crippen molar-refractivity contribution in [3.05, 3.63) is 42.1 Å². The average molecular weight is 311 g/mol. The van der Waals surface area contributed by atoms with E-state index in [0.29, 0.717) is 28.6 Å². The lowest BCUT2D eigenvalue weighted by molar-refractivity contribution is 0.0959. The molecule has 118 valence electrons. The normalized spacial score (nSPS) is 9.61. The van der Waals surface area contributed by atoms with Crippen LogP contribution in [0.15, 0.2) is 36.5 Å². The van der Waals surface area contributed by atoms with E-state index in [-0.39, 0.29) is 12.5 Å². The minimum absolute atomic E-state index is 0.152. The standard InChI is InChI=1S/C17H17N3O3/c1-4-9-19-17(21)13-6-5-10-18-16(13)20-14-8-7-12(22-2)11-15(14)23-3/h1,5-8,10-11H,9H2,2-3H3,(H,18,20)(H,19,21). The maximum absolute atomic E-state index is 12.1. The van der Waals surface area contributed by atoms with Crippen LogP contribution in [0.3, 0.4) is 0 Å². The monoisotopic (exact) mass is 311 g/mol. The second-order valence-corrected chi connectivity index (χ2v) is 4.48. The van der Waals surface area contributed by atoms with Crippen molar-refractivity contribution >= 4 is 17.4 Å². The van der Waals surface area contributed by atoms with Gasteiger partial charge in [-0.1, -0.05) is 5.92 Å². The molecule has 0 saturated heterocycles. The van der Waals surface area contributed by atoms with Gasteiger partial charge in [-0.2, -0.15) is 0 Å². The molecule has 0 spiro atoms. The Kier molecular flexibility index (Phi) is 5.42. The number of anilines is 2. The lowest BCUT2D eigenvalue weighted by Crippen LogP contribution is -2.24. The van der Waals surface area contributed by atoms with Crippen LogP contribution >= 0.6 is 0 Å². The number of terminal acetylenes is 1. The van der Waals surface area contributed by atoms with E-state index >= 15 is 0 Å². The average Bonchev–Trinajstić information content (AvgIpc) is 2.60. The number of ether oxygens (including phenoxy) is 2. The zero-order chi connectivity index (χ0) is 16.7. The number of methoxy groups -OCH3 is 2. The Labute approximate surface area is 134 Å². The molecule has 23 heavy (non-hydrogen) atoms. The van der Waals surface area contributed by atoms with E-state index < -0.39 is 0 Å². The summed E-state index contributed by atoms with van der Waals surface area (Å²) in [5.41, 5.74) is 1.05. The highest BCUT2D eigenvalue weighted by atomic mass is 16.5. The van der Waals surface area contributed by atoms with Crippen LogP contribution in [0.1, 0.15) is 10.4 Å². The van der Waals surface area contributed by atoms with E-state index in [4.69, 9.17) is 15.9 Å². The molecule has 2 aromatic rings. The molecule has 0 aliphatic carbocycles. The number of hydrogen-bond donors (Lipinski definition) is 2. The number of carbonyl (C=O) groups excluding carboxylic acids is 1. The first kappa shape index (κ1) is 16.2. The minimum Gasteiger partial charge on any atom is -0.497 e. The molecule has 2 N–H and O–H groups in total. The van der Waals surface area contributed by atoms with Crippen LogP contribution in [-0.4, -0.2) is 31.7 Å². The van der Waals surface area contributed by atoms with E-state index in [2.05, 4.69) is 21.5 Å². The largest absolute Gasteiger partial charge is 0.497 e. The highest BCUT2D eigenvalue weighted by Crippen LogP contribution is 2.31. The van der Waals surface area contributed by atoms with Gasteiger partial charge in [-0.15, -0.1) is 6.42 Å². The number of hydrogen-bond acceptors (Lipinski definition) is 5. The van der Waals surface area contributed by atoms with Crippen LogP contribution in [0, 0.1) is 12.3 Å². The van der Waals surface area contributed by atoms with E-state index in [9.17, 15) is 4.79 Å². The van der Waals surface area contributed by atoms with Gasteiger partial charge in [0.2, 0.25) is 0 Å². The topological polar surface area (TPSA) is 72.5 Å². The van der Waals surface area contributed by atoms with Crippen molar-refractivity contribution in [2.24, 2.45) is 0 Å². The Bertz CT molecular complexity index is 738. The predicted octanol–water partition coefficient (Wildman–Crippen LogP) is 2.21. The van der Waals surface area contributed by atoms with Gasteiger partial charge in [0.1, 0.15) is 17.3 Å². The van der Waals surface area contributed by atoms with E-state index in [0.717, 1.165) is 0 Å². The van der Waals surface area contributed by atoms with Crippen molar-refractivity contribution < 1.29 is 14.3 Å². The fourth-order valence-electron chi connectivity index (χ4n) is 1.94. The van der Waals surface area contributed by atoms with Gasteiger partial charge >= 0.3 is 0 Å². The molecule has 2 rings (SSSR count). The summed E-state index contributed by atoms with van der Waals surface area (Å²) in [6, 6.07) is 8.66. The summed E-state index contributed by atoms with van der Waals surface area (Å²) >= 11 is 0. The first-order chi connectivity index (χ1) is 11.2. The van der Waals surface area contributed by atoms with Crippen LogP contribution in [0.2, 0.25) is 0 Å². The SMILES string of the molecule is C#CCNC(=O)c1cccnc1Nc1ccc(OC)cc1OC. The predicted molar refractivity (Wildman–Crippen MR) is 88.2 cm³/mol. The molecule has 0 unspecified atom stereocenters. The number of nitrogens with zero attached hydrogens (tertiary/aromatic N) is 1. The summed E-state index contributed by atoms with van der Waals surface area (Å²) in [6.45, 7) is 0.152. The van der Waals surface area contributed by atoms with Crippen molar-refractivity contribution in [1.29, 1.82) is 0 Å². The van der Waals surface area contributed by atoms with Crippen LogP contribution in [0.4, 0.5) is 11.5 Å². The summed E-state index contributed by atoms with van der Waals surface area (Å²) in [5.74, 6) is 3.71. The zero-order valence-corrected chi connectivity index (χ0v) is 12.9. The third-order valence-electron chi connectivity index (χ3n) is 3.07.